The van der Waals surface area contributed by atoms with E-state index in [4.69, 9.17) is 26.8 Å². The number of anilines is 2. The predicted molar refractivity (Wildman–Crippen MR) is 156 cm³/mol. The van der Waals surface area contributed by atoms with Crippen molar-refractivity contribution in [3.05, 3.63) is 65.4 Å². The smallest absolute Gasteiger partial charge is 0.407 e. The average molecular weight is 602 g/mol. The Bertz CT molecular complexity index is 1590. The summed E-state index contributed by atoms with van der Waals surface area (Å²) < 4.78 is 39.8. The number of benzene rings is 2. The van der Waals surface area contributed by atoms with Gasteiger partial charge < -0.3 is 25.1 Å². The van der Waals surface area contributed by atoms with Gasteiger partial charge in [0.2, 0.25) is 0 Å². The number of fused-ring (bicyclic) bond motifs is 1. The molecule has 4 aromatic rings. The molecule has 0 fully saturated rings. The minimum atomic E-state index is -3.76. The summed E-state index contributed by atoms with van der Waals surface area (Å²) in [4.78, 5) is 25.1. The first-order valence-electron chi connectivity index (χ1n) is 12.9. The van der Waals surface area contributed by atoms with Crippen LogP contribution in [0.15, 0.2) is 59.8 Å². The van der Waals surface area contributed by atoms with E-state index < -0.39 is 16.1 Å². The number of aromatic nitrogens is 4. The zero-order valence-corrected chi connectivity index (χ0v) is 24.5. The zero-order chi connectivity index (χ0) is 29.6. The monoisotopic (exact) mass is 601 g/mol. The molecule has 0 aliphatic heterocycles. The molecule has 2 aromatic carbocycles. The summed E-state index contributed by atoms with van der Waals surface area (Å²) in [5.41, 5.74) is 8.30. The van der Waals surface area contributed by atoms with Crippen LogP contribution in [0.25, 0.3) is 11.2 Å². The molecule has 3 N–H and O–H groups in total. The minimum Gasteiger partial charge on any atom is -0.461 e. The highest BCUT2D eigenvalue weighted by Crippen LogP contribution is 2.24. The predicted octanol–water partition coefficient (Wildman–Crippen LogP) is 4.38. The van der Waals surface area contributed by atoms with E-state index in [0.29, 0.717) is 41.3 Å². The zero-order valence-electron chi connectivity index (χ0n) is 22.9. The van der Waals surface area contributed by atoms with E-state index in [2.05, 4.69) is 20.3 Å². The van der Waals surface area contributed by atoms with Crippen molar-refractivity contribution in [2.45, 2.75) is 50.8 Å². The number of nitrogens with zero attached hydrogens (tertiary/aromatic N) is 5. The lowest BCUT2D eigenvalue weighted by molar-refractivity contribution is 0.143. The summed E-state index contributed by atoms with van der Waals surface area (Å²) in [6.07, 6.45) is 2.33. The number of halogens is 1. The third-order valence-corrected chi connectivity index (χ3v) is 8.10. The lowest BCUT2D eigenvalue weighted by Gasteiger charge is -2.19. The van der Waals surface area contributed by atoms with Crippen molar-refractivity contribution in [2.75, 3.05) is 23.7 Å². The number of rotatable bonds is 12. The minimum absolute atomic E-state index is 0.0882. The first-order valence-corrected chi connectivity index (χ1v) is 14.8. The van der Waals surface area contributed by atoms with Crippen molar-refractivity contribution in [2.24, 2.45) is 0 Å². The van der Waals surface area contributed by atoms with Crippen LogP contribution >= 0.6 is 11.6 Å². The molecule has 0 spiro atoms. The maximum absolute atomic E-state index is 13.0. The Morgan fingerprint density at radius 1 is 1.10 bits per heavy atom. The van der Waals surface area contributed by atoms with E-state index in [1.165, 1.54) is 23.5 Å². The number of aryl methyl sites for hydroxylation is 1. The number of imidazole rings is 1. The molecule has 0 saturated heterocycles. The molecule has 1 amide bonds. The fourth-order valence-corrected chi connectivity index (χ4v) is 5.20. The summed E-state index contributed by atoms with van der Waals surface area (Å²) in [6.45, 7) is 4.77. The Morgan fingerprint density at radius 2 is 1.80 bits per heavy atom. The molecular weight excluding hydrogens is 570 g/mol. The van der Waals surface area contributed by atoms with Crippen molar-refractivity contribution in [1.29, 1.82) is 0 Å². The lowest BCUT2D eigenvalue weighted by atomic mass is 10.2. The van der Waals surface area contributed by atoms with E-state index in [0.717, 1.165) is 5.56 Å². The Hall–Kier alpha value is -4.10. The van der Waals surface area contributed by atoms with Crippen molar-refractivity contribution < 1.29 is 22.7 Å². The molecule has 0 atom stereocenters. The van der Waals surface area contributed by atoms with E-state index in [1.54, 1.807) is 42.7 Å². The maximum Gasteiger partial charge on any atom is 0.407 e. The number of hydrogen-bond donors (Lipinski definition) is 2. The van der Waals surface area contributed by atoms with Crippen LogP contribution in [-0.2, 0) is 27.8 Å². The van der Waals surface area contributed by atoms with Gasteiger partial charge in [-0.15, -0.1) is 0 Å². The largest absolute Gasteiger partial charge is 0.461 e. The Labute approximate surface area is 243 Å². The van der Waals surface area contributed by atoms with Crippen LogP contribution in [0.5, 0.6) is 6.01 Å². The Morgan fingerprint density at radius 3 is 2.49 bits per heavy atom. The number of nitrogen functional groups attached to an aromatic ring is 1. The van der Waals surface area contributed by atoms with Gasteiger partial charge in [0, 0.05) is 25.2 Å². The molecule has 218 valence electrons. The number of carbonyl (C=O) groups excluding carboxylic acids is 1. The molecule has 2 heterocycles. The van der Waals surface area contributed by atoms with Gasteiger partial charge >= 0.3 is 12.1 Å². The molecular formula is C27H32ClN7O5S. The highest BCUT2D eigenvalue weighted by Gasteiger charge is 2.21. The highest BCUT2D eigenvalue weighted by molar-refractivity contribution is 7.92. The summed E-state index contributed by atoms with van der Waals surface area (Å²) in [5.74, 6) is 0.256. The molecule has 0 aliphatic rings. The van der Waals surface area contributed by atoms with Gasteiger partial charge in [-0.2, -0.15) is 9.97 Å². The van der Waals surface area contributed by atoms with E-state index >= 15 is 0 Å². The van der Waals surface area contributed by atoms with Gasteiger partial charge in [0.15, 0.2) is 11.5 Å². The van der Waals surface area contributed by atoms with Gasteiger partial charge in [0.25, 0.3) is 10.0 Å². The standard InChI is InChI=1S/C27H32ClN7O5S/c1-18(2)40-26-32-24(29)23-25(33-26)35(17-31-23)14-4-5-15-39-27(36)30-16-19-6-12-22(13-7-19)41(37,38)34(3)21-10-8-20(28)9-11-21/h6-13,17-18H,4-5,14-16H2,1-3H3,(H,30,36)(H2,29,32,33). The van der Waals surface area contributed by atoms with Gasteiger partial charge in [-0.05, 0) is 68.7 Å². The van der Waals surface area contributed by atoms with Gasteiger partial charge in [0.1, 0.15) is 5.52 Å². The number of unbranched alkanes of at least 4 members (excludes halogenated alkanes) is 1. The third kappa shape index (κ3) is 7.55. The SMILES string of the molecule is CC(C)Oc1nc(N)c2ncn(CCCCOC(=O)NCc3ccc(S(=O)(=O)N(C)c4ccc(Cl)cc4)cc3)c2n1. The summed E-state index contributed by atoms with van der Waals surface area (Å²) in [6, 6.07) is 13.0. The van der Waals surface area contributed by atoms with Crippen LogP contribution < -0.4 is 20.1 Å². The normalized spacial score (nSPS) is 11.5. The van der Waals surface area contributed by atoms with Crippen molar-refractivity contribution in [1.82, 2.24) is 24.8 Å². The number of nitrogens with two attached hydrogens (primary N) is 1. The van der Waals surface area contributed by atoms with Gasteiger partial charge in [-0.25, -0.2) is 18.2 Å². The van der Waals surface area contributed by atoms with Gasteiger partial charge in [-0.1, -0.05) is 23.7 Å². The van der Waals surface area contributed by atoms with Crippen LogP contribution in [0.3, 0.4) is 0 Å². The van der Waals surface area contributed by atoms with Gasteiger partial charge in [-0.3, -0.25) is 4.31 Å². The number of ether oxygens (including phenoxy) is 2. The molecule has 0 radical (unpaired) electrons. The molecule has 41 heavy (non-hydrogen) atoms. The summed E-state index contributed by atoms with van der Waals surface area (Å²) in [5, 5.41) is 3.19. The second-order valence-electron chi connectivity index (χ2n) is 9.46. The molecule has 2 aromatic heterocycles. The topological polar surface area (TPSA) is 155 Å². The van der Waals surface area contributed by atoms with Crippen molar-refractivity contribution >= 4 is 50.4 Å². The Kier molecular flexibility index (Phi) is 9.50. The number of carbonyl (C=O) groups is 1. The maximum atomic E-state index is 13.0. The second kappa shape index (κ2) is 13.0. The summed E-state index contributed by atoms with van der Waals surface area (Å²) in [7, 11) is -2.28. The number of sulfonamides is 1. The van der Waals surface area contributed by atoms with Crippen molar-refractivity contribution in [3.63, 3.8) is 0 Å². The quantitative estimate of drug-likeness (QED) is 0.225. The van der Waals surface area contributed by atoms with Crippen LogP contribution in [0, 0.1) is 0 Å². The molecule has 14 heteroatoms. The fraction of sp³-hybridized carbons (Fsp3) is 0.333. The molecule has 0 bridgehead atoms. The first kappa shape index (κ1) is 29.9. The molecule has 12 nitrogen and oxygen atoms in total. The fourth-order valence-electron chi connectivity index (χ4n) is 3.87. The number of nitrogens with one attached hydrogen (secondary N) is 1. The van der Waals surface area contributed by atoms with Crippen LogP contribution in [0.2, 0.25) is 5.02 Å². The third-order valence-electron chi connectivity index (χ3n) is 6.05. The molecule has 4 rings (SSSR count). The van der Waals surface area contributed by atoms with Crippen LogP contribution in [0.1, 0.15) is 32.3 Å². The Balaban J connectivity index is 1.21. The van der Waals surface area contributed by atoms with Crippen LogP contribution in [-0.4, -0.2) is 53.8 Å². The average Bonchev–Trinajstić information content (AvgIpc) is 3.35. The number of alkyl carbamates (subject to hydrolysis) is 1. The van der Waals surface area contributed by atoms with E-state index in [-0.39, 0.29) is 36.0 Å². The lowest BCUT2D eigenvalue weighted by Crippen LogP contribution is -2.26. The molecule has 0 saturated carbocycles. The van der Waals surface area contributed by atoms with Gasteiger partial charge in [0.05, 0.1) is 29.6 Å². The number of amides is 1. The van der Waals surface area contributed by atoms with Crippen molar-refractivity contribution in [3.8, 4) is 6.01 Å². The molecule has 0 aliphatic carbocycles. The summed E-state index contributed by atoms with van der Waals surface area (Å²) >= 11 is 5.90. The second-order valence-corrected chi connectivity index (χ2v) is 11.9. The first-order chi connectivity index (χ1) is 19.5. The van der Waals surface area contributed by atoms with E-state index in [1.807, 2.05) is 18.4 Å². The van der Waals surface area contributed by atoms with Crippen LogP contribution in [0.4, 0.5) is 16.3 Å². The van der Waals surface area contributed by atoms with E-state index in [9.17, 15) is 13.2 Å². The highest BCUT2D eigenvalue weighted by atomic mass is 35.5. The molecule has 0 unspecified atom stereocenters. The number of hydrogen-bond acceptors (Lipinski definition) is 9.